The Labute approximate surface area is 145 Å². The monoisotopic (exact) mass is 361 g/mol. The number of nitrogens with zero attached hydrogens (tertiary/aromatic N) is 3. The van der Waals surface area contributed by atoms with Crippen LogP contribution < -0.4 is 15.5 Å². The van der Waals surface area contributed by atoms with E-state index in [0.717, 1.165) is 18.9 Å². The van der Waals surface area contributed by atoms with E-state index in [2.05, 4.69) is 27.5 Å². The summed E-state index contributed by atoms with van der Waals surface area (Å²) in [5, 5.41) is 5.74. The maximum Gasteiger partial charge on any atom is 0.433 e. The summed E-state index contributed by atoms with van der Waals surface area (Å²) >= 11 is 5.07. The van der Waals surface area contributed by atoms with Gasteiger partial charge in [-0.05, 0) is 44.8 Å². The molecular formula is C15H22F3N5S. The van der Waals surface area contributed by atoms with E-state index in [1.165, 1.54) is 0 Å². The smallest absolute Gasteiger partial charge is 0.360 e. The Kier molecular flexibility index (Phi) is 5.84. The number of hydrogen-bond donors (Lipinski definition) is 2. The zero-order valence-corrected chi connectivity index (χ0v) is 14.8. The van der Waals surface area contributed by atoms with Crippen LogP contribution in [0.5, 0.6) is 0 Å². The van der Waals surface area contributed by atoms with Crippen molar-refractivity contribution in [2.45, 2.75) is 45.8 Å². The molecule has 0 amide bonds. The molecule has 1 aromatic rings. The van der Waals surface area contributed by atoms with Crippen molar-refractivity contribution >= 4 is 29.1 Å². The molecule has 0 atom stereocenters. The lowest BCUT2D eigenvalue weighted by molar-refractivity contribution is -0.141. The molecule has 0 radical (unpaired) electrons. The number of thiocarbonyl (C=S) groups is 1. The normalized spacial score (nSPS) is 16.4. The highest BCUT2D eigenvalue weighted by Gasteiger charge is 2.34. The van der Waals surface area contributed by atoms with Crippen molar-refractivity contribution in [3.63, 3.8) is 0 Å². The Hall–Kier alpha value is -1.64. The number of piperidine rings is 1. The first-order valence-corrected chi connectivity index (χ1v) is 8.34. The second kappa shape index (κ2) is 7.50. The van der Waals surface area contributed by atoms with Gasteiger partial charge in [-0.3, -0.25) is 0 Å². The van der Waals surface area contributed by atoms with Crippen LogP contribution in [-0.4, -0.2) is 34.2 Å². The highest BCUT2D eigenvalue weighted by atomic mass is 32.1. The molecule has 0 spiro atoms. The zero-order chi connectivity index (χ0) is 17.9. The minimum absolute atomic E-state index is 0.0545. The third-order valence-corrected chi connectivity index (χ3v) is 3.98. The summed E-state index contributed by atoms with van der Waals surface area (Å²) in [7, 11) is 0. The summed E-state index contributed by atoms with van der Waals surface area (Å²) in [6.45, 7) is 7.26. The number of anilines is 2. The fraction of sp³-hybridized carbons (Fsp3) is 0.667. The van der Waals surface area contributed by atoms with E-state index < -0.39 is 11.9 Å². The molecule has 0 unspecified atom stereocenters. The van der Waals surface area contributed by atoms with Crippen LogP contribution in [-0.2, 0) is 6.18 Å². The molecule has 9 heteroatoms. The molecule has 2 N–H and O–H groups in total. The average Bonchev–Trinajstić information content (AvgIpc) is 2.45. The lowest BCUT2D eigenvalue weighted by atomic mass is 9.99. The largest absolute Gasteiger partial charge is 0.433 e. The summed E-state index contributed by atoms with van der Waals surface area (Å²) in [6, 6.07) is 1.05. The lowest BCUT2D eigenvalue weighted by Gasteiger charge is -2.31. The quantitative estimate of drug-likeness (QED) is 0.805. The number of aromatic nitrogens is 2. The first-order chi connectivity index (χ1) is 11.1. The van der Waals surface area contributed by atoms with E-state index in [1.807, 2.05) is 18.7 Å². The van der Waals surface area contributed by atoms with Crippen LogP contribution in [0.25, 0.3) is 0 Å². The molecule has 24 heavy (non-hydrogen) atoms. The molecule has 0 saturated carbocycles. The Morgan fingerprint density at radius 1 is 1.29 bits per heavy atom. The topological polar surface area (TPSA) is 53.1 Å². The van der Waals surface area contributed by atoms with E-state index in [4.69, 9.17) is 12.2 Å². The summed E-state index contributed by atoms with van der Waals surface area (Å²) in [5.74, 6) is 0.709. The van der Waals surface area contributed by atoms with E-state index in [1.54, 1.807) is 0 Å². The van der Waals surface area contributed by atoms with Gasteiger partial charge >= 0.3 is 6.18 Å². The number of alkyl halides is 3. The first kappa shape index (κ1) is 18.7. The lowest BCUT2D eigenvalue weighted by Crippen LogP contribution is -2.36. The molecule has 1 aliphatic heterocycles. The van der Waals surface area contributed by atoms with E-state index in [0.29, 0.717) is 19.0 Å². The van der Waals surface area contributed by atoms with Crippen molar-refractivity contribution in [1.29, 1.82) is 0 Å². The molecule has 0 bridgehead atoms. The van der Waals surface area contributed by atoms with Crippen LogP contribution in [0.15, 0.2) is 6.07 Å². The van der Waals surface area contributed by atoms with Crippen LogP contribution in [0.3, 0.4) is 0 Å². The molecule has 2 rings (SSSR count). The number of hydrogen-bond acceptors (Lipinski definition) is 4. The third kappa shape index (κ3) is 5.19. The van der Waals surface area contributed by atoms with Crippen LogP contribution in [0.4, 0.5) is 24.9 Å². The SMILES string of the molecule is CC1CCN(c2cc(C(F)(F)F)nc(NC(=S)NC(C)C)n2)CC1. The fourth-order valence-corrected chi connectivity index (χ4v) is 2.76. The second-order valence-electron chi connectivity index (χ2n) is 6.36. The van der Waals surface area contributed by atoms with Crippen LogP contribution >= 0.6 is 12.2 Å². The minimum Gasteiger partial charge on any atom is -0.360 e. The minimum atomic E-state index is -4.54. The molecule has 1 fully saturated rings. The van der Waals surface area contributed by atoms with Gasteiger partial charge in [0, 0.05) is 25.2 Å². The third-order valence-electron chi connectivity index (χ3n) is 3.76. The predicted octanol–water partition coefficient (Wildman–Crippen LogP) is 3.43. The number of rotatable bonds is 3. The van der Waals surface area contributed by atoms with Gasteiger partial charge in [0.25, 0.3) is 0 Å². The van der Waals surface area contributed by atoms with Gasteiger partial charge in [-0.15, -0.1) is 0 Å². The van der Waals surface area contributed by atoms with Crippen molar-refractivity contribution in [3.05, 3.63) is 11.8 Å². The van der Waals surface area contributed by atoms with Gasteiger partial charge in [0.15, 0.2) is 10.8 Å². The van der Waals surface area contributed by atoms with Gasteiger partial charge in [0.05, 0.1) is 0 Å². The molecule has 134 valence electrons. The van der Waals surface area contributed by atoms with Gasteiger partial charge in [-0.25, -0.2) is 4.98 Å². The van der Waals surface area contributed by atoms with Gasteiger partial charge < -0.3 is 15.5 Å². The summed E-state index contributed by atoms with van der Waals surface area (Å²) in [6.07, 6.45) is -2.67. The highest BCUT2D eigenvalue weighted by molar-refractivity contribution is 7.80. The van der Waals surface area contributed by atoms with Crippen molar-refractivity contribution < 1.29 is 13.2 Å². The Morgan fingerprint density at radius 2 is 1.92 bits per heavy atom. The second-order valence-corrected chi connectivity index (χ2v) is 6.76. The molecule has 1 aromatic heterocycles. The standard InChI is InChI=1S/C15H22F3N5S/c1-9(2)19-14(24)22-13-20-11(15(16,17)18)8-12(21-13)23-6-4-10(3)5-7-23/h8-10H,4-7H2,1-3H3,(H2,19,20,21,22,24). The van der Waals surface area contributed by atoms with Gasteiger partial charge in [-0.2, -0.15) is 18.2 Å². The van der Waals surface area contributed by atoms with Crippen molar-refractivity contribution in [2.75, 3.05) is 23.3 Å². The molecular weight excluding hydrogens is 339 g/mol. The number of halogens is 3. The van der Waals surface area contributed by atoms with E-state index >= 15 is 0 Å². The Balaban J connectivity index is 2.26. The van der Waals surface area contributed by atoms with Crippen LogP contribution in [0, 0.1) is 5.92 Å². The fourth-order valence-electron chi connectivity index (χ4n) is 2.44. The average molecular weight is 361 g/mol. The van der Waals surface area contributed by atoms with Gasteiger partial charge in [0.2, 0.25) is 5.95 Å². The predicted molar refractivity (Wildman–Crippen MR) is 92.1 cm³/mol. The molecule has 1 saturated heterocycles. The highest BCUT2D eigenvalue weighted by Crippen LogP contribution is 2.31. The molecule has 5 nitrogen and oxygen atoms in total. The molecule has 0 aliphatic carbocycles. The summed E-state index contributed by atoms with van der Waals surface area (Å²) in [4.78, 5) is 9.64. The van der Waals surface area contributed by atoms with E-state index in [9.17, 15) is 13.2 Å². The number of nitrogens with one attached hydrogen (secondary N) is 2. The van der Waals surface area contributed by atoms with Crippen molar-refractivity contribution in [1.82, 2.24) is 15.3 Å². The first-order valence-electron chi connectivity index (χ1n) is 7.94. The van der Waals surface area contributed by atoms with E-state index in [-0.39, 0.29) is 22.9 Å². The summed E-state index contributed by atoms with van der Waals surface area (Å²) in [5.41, 5.74) is -0.971. The molecule has 0 aromatic carbocycles. The van der Waals surface area contributed by atoms with Gasteiger partial charge in [0.1, 0.15) is 5.82 Å². The maximum absolute atomic E-state index is 13.1. The van der Waals surface area contributed by atoms with Crippen molar-refractivity contribution in [2.24, 2.45) is 5.92 Å². The summed E-state index contributed by atoms with van der Waals surface area (Å²) < 4.78 is 39.4. The van der Waals surface area contributed by atoms with Gasteiger partial charge in [-0.1, -0.05) is 6.92 Å². The zero-order valence-electron chi connectivity index (χ0n) is 13.9. The molecule has 1 aliphatic rings. The molecule has 2 heterocycles. The maximum atomic E-state index is 13.1. The Morgan fingerprint density at radius 3 is 2.46 bits per heavy atom. The van der Waals surface area contributed by atoms with Crippen LogP contribution in [0.2, 0.25) is 0 Å². The Bertz CT molecular complexity index is 583. The van der Waals surface area contributed by atoms with Crippen molar-refractivity contribution in [3.8, 4) is 0 Å². The van der Waals surface area contributed by atoms with Crippen LogP contribution in [0.1, 0.15) is 39.3 Å².